The number of ketones is 1. The normalized spacial score (nSPS) is 15.2. The second-order valence-electron chi connectivity index (χ2n) is 10.9. The second kappa shape index (κ2) is 21.0. The Morgan fingerprint density at radius 3 is 1.78 bits per heavy atom. The van der Waals surface area contributed by atoms with E-state index < -0.39 is 39.2 Å². The molecular weight excluding hydrogens is 497 g/mol. The molecule has 0 bridgehead atoms. The number of unbranched alkanes of at least 4 members (excludes halogenated alkanes) is 12. The fourth-order valence-electron chi connectivity index (χ4n) is 3.94. The summed E-state index contributed by atoms with van der Waals surface area (Å²) in [6, 6.07) is 0. The van der Waals surface area contributed by atoms with Gasteiger partial charge >= 0.3 is 5.97 Å². The van der Waals surface area contributed by atoms with Crippen molar-refractivity contribution in [3.63, 3.8) is 0 Å². The quantitative estimate of drug-likeness (QED) is 0.0734. The van der Waals surface area contributed by atoms with Gasteiger partial charge in [-0.2, -0.15) is 0 Å². The molecule has 0 aliphatic heterocycles. The molecule has 0 aromatic carbocycles. The maximum atomic E-state index is 12.3. The monoisotopic (exact) mass is 551 g/mol. The van der Waals surface area contributed by atoms with Gasteiger partial charge in [0.25, 0.3) is 7.82 Å². The molecule has 0 aliphatic carbocycles. The molecule has 10 heteroatoms. The summed E-state index contributed by atoms with van der Waals surface area (Å²) in [5, 5.41) is 9.47. The highest BCUT2D eigenvalue weighted by Crippen LogP contribution is 2.40. The Kier molecular flexibility index (Phi) is 20.6. The predicted molar refractivity (Wildman–Crippen MR) is 144 cm³/mol. The molecule has 0 saturated carbocycles. The van der Waals surface area contributed by atoms with Crippen molar-refractivity contribution >= 4 is 19.6 Å². The van der Waals surface area contributed by atoms with E-state index in [1.165, 1.54) is 57.8 Å². The molecule has 0 aromatic heterocycles. The number of esters is 1. The van der Waals surface area contributed by atoms with Gasteiger partial charge in [0.05, 0.1) is 34.4 Å². The molecule has 0 aliphatic rings. The maximum Gasteiger partial charge on any atom is 0.306 e. The molecule has 0 radical (unpaired) electrons. The zero-order valence-electron chi connectivity index (χ0n) is 24.1. The average Bonchev–Trinajstić information content (AvgIpc) is 2.82. The lowest BCUT2D eigenvalue weighted by molar-refractivity contribution is -0.872. The second-order valence-corrected chi connectivity index (χ2v) is 12.3. The summed E-state index contributed by atoms with van der Waals surface area (Å²) in [7, 11) is 0.595. The van der Waals surface area contributed by atoms with Gasteiger partial charge in [0.15, 0.2) is 11.9 Å². The van der Waals surface area contributed by atoms with Gasteiger partial charge in [-0.25, -0.2) is 0 Å². The van der Waals surface area contributed by atoms with Crippen LogP contribution >= 0.6 is 7.82 Å². The van der Waals surface area contributed by atoms with Crippen molar-refractivity contribution in [2.75, 3.05) is 40.9 Å². The minimum Gasteiger partial charge on any atom is -0.756 e. The van der Waals surface area contributed by atoms with Crippen LogP contribution in [0.5, 0.6) is 0 Å². The third kappa shape index (κ3) is 21.8. The third-order valence-corrected chi connectivity index (χ3v) is 7.06. The van der Waals surface area contributed by atoms with Crippen molar-refractivity contribution in [2.45, 2.75) is 122 Å². The van der Waals surface area contributed by atoms with Crippen molar-refractivity contribution in [1.82, 2.24) is 0 Å². The molecule has 3 atom stereocenters. The first-order chi connectivity index (χ1) is 17.4. The highest BCUT2D eigenvalue weighted by Gasteiger charge is 2.30. The zero-order valence-corrected chi connectivity index (χ0v) is 25.0. The zero-order chi connectivity index (χ0) is 28.2. The number of nitrogens with zero attached hydrogens (tertiary/aromatic N) is 1. The first-order valence-corrected chi connectivity index (χ1v) is 15.7. The summed E-state index contributed by atoms with van der Waals surface area (Å²) < 4.78 is 27.6. The van der Waals surface area contributed by atoms with Crippen molar-refractivity contribution in [2.24, 2.45) is 0 Å². The topological polar surface area (TPSA) is 122 Å². The Labute approximate surface area is 225 Å². The lowest BCUT2D eigenvalue weighted by Gasteiger charge is -2.32. The summed E-state index contributed by atoms with van der Waals surface area (Å²) in [5.41, 5.74) is 0. The molecule has 9 nitrogen and oxygen atoms in total. The molecule has 0 heterocycles. The number of rotatable bonds is 25. The first-order valence-electron chi connectivity index (χ1n) is 14.2. The van der Waals surface area contributed by atoms with Gasteiger partial charge in [-0.05, 0) is 6.42 Å². The number of phosphoric ester groups is 1. The van der Waals surface area contributed by atoms with E-state index in [4.69, 9.17) is 13.8 Å². The third-order valence-electron chi connectivity index (χ3n) is 6.08. The SMILES string of the molecule is CCCCCCCCCCCCCCCC(=O)O[C@H](CO)COP(=O)([O-])OC(C[N+](C)(C)C)C(=O)CC. The van der Waals surface area contributed by atoms with Crippen molar-refractivity contribution < 1.29 is 42.4 Å². The smallest absolute Gasteiger partial charge is 0.306 e. The summed E-state index contributed by atoms with van der Waals surface area (Å²) in [5.74, 6) is -0.855. The molecule has 1 N–H and O–H groups in total. The molecule has 0 saturated heterocycles. The van der Waals surface area contributed by atoms with Crippen LogP contribution in [0.2, 0.25) is 0 Å². The van der Waals surface area contributed by atoms with E-state index in [1.54, 1.807) is 6.92 Å². The lowest BCUT2D eigenvalue weighted by Crippen LogP contribution is -2.45. The number of carbonyl (C=O) groups excluding carboxylic acids is 2. The molecule has 0 amide bonds. The van der Waals surface area contributed by atoms with Gasteiger partial charge in [0.2, 0.25) is 0 Å². The van der Waals surface area contributed by atoms with Gasteiger partial charge in [-0.3, -0.25) is 14.2 Å². The van der Waals surface area contributed by atoms with Crippen LogP contribution in [0.1, 0.15) is 110 Å². The van der Waals surface area contributed by atoms with Crippen LogP contribution in [0.3, 0.4) is 0 Å². The number of hydrogen-bond acceptors (Lipinski definition) is 8. The van der Waals surface area contributed by atoms with Crippen molar-refractivity contribution in [1.29, 1.82) is 0 Å². The van der Waals surface area contributed by atoms with E-state index in [9.17, 15) is 24.2 Å². The van der Waals surface area contributed by atoms with Crippen LogP contribution < -0.4 is 4.89 Å². The number of hydrogen-bond donors (Lipinski definition) is 1. The fourth-order valence-corrected chi connectivity index (χ4v) is 4.84. The highest BCUT2D eigenvalue weighted by atomic mass is 31.2. The Balaban J connectivity index is 4.11. The number of aliphatic hydroxyl groups is 1. The van der Waals surface area contributed by atoms with E-state index in [0.29, 0.717) is 10.9 Å². The minimum absolute atomic E-state index is 0.126. The number of likely N-dealkylation sites (N-methyl/N-ethyl adjacent to an activating group) is 1. The van der Waals surface area contributed by atoms with Crippen LogP contribution in [-0.2, 0) is 27.9 Å². The summed E-state index contributed by atoms with van der Waals surface area (Å²) >= 11 is 0. The summed E-state index contributed by atoms with van der Waals surface area (Å²) in [6.07, 6.45) is 13.7. The highest BCUT2D eigenvalue weighted by molar-refractivity contribution is 7.45. The molecule has 2 unspecified atom stereocenters. The molecule has 37 heavy (non-hydrogen) atoms. The maximum absolute atomic E-state index is 12.3. The Morgan fingerprint density at radius 1 is 0.865 bits per heavy atom. The van der Waals surface area contributed by atoms with Crippen LogP contribution in [0.15, 0.2) is 0 Å². The van der Waals surface area contributed by atoms with E-state index >= 15 is 0 Å². The fraction of sp³-hybridized carbons (Fsp3) is 0.926. The first kappa shape index (κ1) is 36.2. The number of quaternary nitrogens is 1. The molecule has 0 spiro atoms. The summed E-state index contributed by atoms with van der Waals surface area (Å²) in [6.45, 7) is 2.86. The lowest BCUT2D eigenvalue weighted by atomic mass is 10.0. The molecule has 220 valence electrons. The Morgan fingerprint density at radius 2 is 1.35 bits per heavy atom. The van der Waals surface area contributed by atoms with E-state index in [2.05, 4.69) is 6.92 Å². The molecular formula is C27H54NO8P. The van der Waals surface area contributed by atoms with E-state index in [-0.39, 0.29) is 25.2 Å². The van der Waals surface area contributed by atoms with Gasteiger partial charge in [0.1, 0.15) is 12.6 Å². The number of aliphatic hydroxyl groups excluding tert-OH is 1. The largest absolute Gasteiger partial charge is 0.756 e. The van der Waals surface area contributed by atoms with Crippen molar-refractivity contribution in [3.05, 3.63) is 0 Å². The van der Waals surface area contributed by atoms with E-state index in [1.807, 2.05) is 21.1 Å². The van der Waals surface area contributed by atoms with Crippen LogP contribution in [0, 0.1) is 0 Å². The average molecular weight is 552 g/mol. The van der Waals surface area contributed by atoms with Gasteiger partial charge in [0, 0.05) is 12.8 Å². The van der Waals surface area contributed by atoms with Gasteiger partial charge in [-0.1, -0.05) is 90.9 Å². The Bertz CT molecular complexity index is 653. The number of phosphoric acid groups is 1. The number of ether oxygens (including phenoxy) is 1. The van der Waals surface area contributed by atoms with Gasteiger partial charge < -0.3 is 28.3 Å². The molecule has 0 fully saturated rings. The van der Waals surface area contributed by atoms with Gasteiger partial charge in [-0.15, -0.1) is 0 Å². The predicted octanol–water partition coefficient (Wildman–Crippen LogP) is 4.93. The number of carbonyl (C=O) groups is 2. The summed E-state index contributed by atoms with van der Waals surface area (Å²) in [4.78, 5) is 36.5. The minimum atomic E-state index is -4.85. The Hall–Kier alpha value is -0.830. The molecule has 0 aromatic rings. The van der Waals surface area contributed by atoms with Crippen LogP contribution in [0.4, 0.5) is 0 Å². The van der Waals surface area contributed by atoms with Crippen LogP contribution in [-0.4, -0.2) is 74.5 Å². The van der Waals surface area contributed by atoms with Crippen molar-refractivity contribution in [3.8, 4) is 0 Å². The molecule has 0 rings (SSSR count). The van der Waals surface area contributed by atoms with Crippen LogP contribution in [0.25, 0.3) is 0 Å². The number of Topliss-reactive ketones (excluding diaryl/α,β-unsaturated/α-hetero) is 1. The van der Waals surface area contributed by atoms with E-state index in [0.717, 1.165) is 19.3 Å². The standard InChI is InChI=1S/C27H54NO8P/c1-6-8-9-10-11-12-13-14-15-16-17-18-19-20-27(31)35-24(22-29)23-34-37(32,33)36-26(25(30)7-2)21-28(3,4)5/h24,26,29H,6-23H2,1-5H3/t24-,26?/m1/s1.